The molecule has 28 heavy (non-hydrogen) atoms. The summed E-state index contributed by atoms with van der Waals surface area (Å²) < 4.78 is 26.8. The van der Waals surface area contributed by atoms with E-state index in [9.17, 15) is 23.7 Å². The van der Waals surface area contributed by atoms with E-state index in [-0.39, 0.29) is 22.9 Å². The number of pyridine rings is 1. The number of aromatic nitrogens is 3. The van der Waals surface area contributed by atoms with Gasteiger partial charge in [0.2, 0.25) is 11.6 Å². The average Bonchev–Trinajstić information content (AvgIpc) is 2.68. The van der Waals surface area contributed by atoms with Crippen LogP contribution >= 0.6 is 0 Å². The van der Waals surface area contributed by atoms with Gasteiger partial charge in [0, 0.05) is 18.5 Å². The summed E-state index contributed by atoms with van der Waals surface area (Å²) in [5.74, 6) is -3.08. The van der Waals surface area contributed by atoms with Gasteiger partial charge < -0.3 is 5.32 Å². The lowest BCUT2D eigenvalue weighted by Crippen LogP contribution is -2.30. The van der Waals surface area contributed by atoms with Crippen LogP contribution < -0.4 is 16.2 Å². The largest absolute Gasteiger partial charge is 0.355 e. The minimum Gasteiger partial charge on any atom is -0.332 e. The molecule has 12 heteroatoms. The average molecular weight is 387 g/mol. The van der Waals surface area contributed by atoms with E-state index in [2.05, 4.69) is 31.1 Å². The zero-order valence-corrected chi connectivity index (χ0v) is 13.9. The van der Waals surface area contributed by atoms with E-state index in [1.54, 1.807) is 6.07 Å². The Hall–Kier alpha value is -4.22. The molecule has 0 unspecified atom stereocenters. The van der Waals surface area contributed by atoms with Crippen molar-refractivity contribution in [3.8, 4) is 0 Å². The van der Waals surface area contributed by atoms with Gasteiger partial charge in [-0.2, -0.15) is 0 Å². The van der Waals surface area contributed by atoms with Gasteiger partial charge in [-0.25, -0.2) is 18.7 Å². The molecule has 0 bridgehead atoms. The first-order valence-corrected chi connectivity index (χ1v) is 7.63. The van der Waals surface area contributed by atoms with Crippen LogP contribution in [0.1, 0.15) is 10.4 Å². The zero-order valence-electron chi connectivity index (χ0n) is 13.9. The number of hydrazine groups is 1. The molecule has 2 aromatic heterocycles. The number of benzene rings is 1. The molecule has 3 N–H and O–H groups in total. The molecule has 3 rings (SSSR count). The van der Waals surface area contributed by atoms with Crippen LogP contribution in [0, 0.1) is 21.7 Å². The lowest BCUT2D eigenvalue weighted by molar-refractivity contribution is -0.383. The molecule has 0 spiro atoms. The fourth-order valence-electron chi connectivity index (χ4n) is 2.14. The van der Waals surface area contributed by atoms with E-state index in [1.807, 2.05) is 0 Å². The number of carbonyl (C=O) groups is 1. The number of anilines is 3. The molecule has 3 aromatic rings. The molecule has 0 atom stereocenters. The molecule has 0 radical (unpaired) electrons. The number of carbonyl (C=O) groups excluding carboxylic acids is 1. The molecular weight excluding hydrogens is 376 g/mol. The minimum atomic E-state index is -0.965. The maximum atomic E-state index is 13.8. The Morgan fingerprint density at radius 3 is 2.61 bits per heavy atom. The normalized spacial score (nSPS) is 10.2. The lowest BCUT2D eigenvalue weighted by atomic mass is 10.3. The monoisotopic (exact) mass is 387 g/mol. The Kier molecular flexibility index (Phi) is 5.30. The Morgan fingerprint density at radius 1 is 1.14 bits per heavy atom. The van der Waals surface area contributed by atoms with Gasteiger partial charge in [-0.05, 0) is 24.3 Å². The van der Waals surface area contributed by atoms with E-state index in [4.69, 9.17) is 0 Å². The minimum absolute atomic E-state index is 0.207. The third kappa shape index (κ3) is 4.12. The highest BCUT2D eigenvalue weighted by molar-refractivity contribution is 5.94. The van der Waals surface area contributed by atoms with E-state index in [0.717, 1.165) is 18.5 Å². The second kappa shape index (κ2) is 7.99. The van der Waals surface area contributed by atoms with E-state index in [1.165, 1.54) is 18.5 Å². The maximum absolute atomic E-state index is 13.8. The van der Waals surface area contributed by atoms with E-state index < -0.39 is 28.2 Å². The fourth-order valence-corrected chi connectivity index (χ4v) is 2.14. The van der Waals surface area contributed by atoms with Gasteiger partial charge in [0.1, 0.15) is 18.0 Å². The predicted molar refractivity (Wildman–Crippen MR) is 93.7 cm³/mol. The molecule has 2 heterocycles. The number of halogens is 2. The van der Waals surface area contributed by atoms with Gasteiger partial charge in [-0.3, -0.25) is 30.7 Å². The number of rotatable bonds is 6. The molecule has 0 aliphatic heterocycles. The summed E-state index contributed by atoms with van der Waals surface area (Å²) in [5.41, 5.74) is 3.90. The van der Waals surface area contributed by atoms with Crippen LogP contribution in [-0.2, 0) is 0 Å². The first kappa shape index (κ1) is 18.6. The second-order valence-electron chi connectivity index (χ2n) is 5.25. The summed E-state index contributed by atoms with van der Waals surface area (Å²) in [6.45, 7) is 0. The Labute approximate surface area is 155 Å². The molecule has 142 valence electrons. The van der Waals surface area contributed by atoms with Crippen LogP contribution in [0.2, 0.25) is 0 Å². The number of nitrogens with zero attached hydrogens (tertiary/aromatic N) is 4. The summed E-state index contributed by atoms with van der Waals surface area (Å²) in [6.07, 6.45) is 3.75. The molecule has 0 fully saturated rings. The number of nitrogens with one attached hydrogen (secondary N) is 3. The molecule has 0 saturated heterocycles. The quantitative estimate of drug-likeness (QED) is 0.434. The molecular formula is C16H11F2N7O3. The van der Waals surface area contributed by atoms with Crippen molar-refractivity contribution in [1.82, 2.24) is 20.4 Å². The van der Waals surface area contributed by atoms with Crippen molar-refractivity contribution in [2.75, 3.05) is 10.7 Å². The molecule has 0 aliphatic carbocycles. The van der Waals surface area contributed by atoms with Gasteiger partial charge in [-0.15, -0.1) is 0 Å². The SMILES string of the molecule is O=C(NNc1ncnc(Nc2ccc(F)cc2F)c1[N+](=O)[O-])c1cccnc1. The zero-order chi connectivity index (χ0) is 20.1. The second-order valence-corrected chi connectivity index (χ2v) is 5.25. The number of nitro groups is 1. The highest BCUT2D eigenvalue weighted by Crippen LogP contribution is 2.31. The van der Waals surface area contributed by atoms with Crippen molar-refractivity contribution in [2.45, 2.75) is 0 Å². The molecule has 1 aromatic carbocycles. The van der Waals surface area contributed by atoms with Crippen molar-refractivity contribution in [1.29, 1.82) is 0 Å². The predicted octanol–water partition coefficient (Wildman–Crippen LogP) is 2.56. The smallest absolute Gasteiger partial charge is 0.332 e. The van der Waals surface area contributed by atoms with Crippen LogP contribution in [0.4, 0.5) is 31.8 Å². The summed E-state index contributed by atoms with van der Waals surface area (Å²) in [6, 6.07) is 5.69. The van der Waals surface area contributed by atoms with Crippen molar-refractivity contribution in [3.05, 3.63) is 76.4 Å². The third-order valence-electron chi connectivity index (χ3n) is 3.41. The van der Waals surface area contributed by atoms with E-state index in [0.29, 0.717) is 6.07 Å². The highest BCUT2D eigenvalue weighted by Gasteiger charge is 2.24. The Morgan fingerprint density at radius 2 is 1.93 bits per heavy atom. The fraction of sp³-hybridized carbons (Fsp3) is 0. The Bertz CT molecular complexity index is 1030. The summed E-state index contributed by atoms with van der Waals surface area (Å²) >= 11 is 0. The summed E-state index contributed by atoms with van der Waals surface area (Å²) in [7, 11) is 0. The van der Waals surface area contributed by atoms with Crippen LogP contribution in [0.5, 0.6) is 0 Å². The van der Waals surface area contributed by atoms with Crippen LogP contribution in [-0.4, -0.2) is 25.8 Å². The van der Waals surface area contributed by atoms with Crippen molar-refractivity contribution in [3.63, 3.8) is 0 Å². The van der Waals surface area contributed by atoms with Gasteiger partial charge >= 0.3 is 5.69 Å². The van der Waals surface area contributed by atoms with Gasteiger partial charge in [-0.1, -0.05) is 0 Å². The summed E-state index contributed by atoms with van der Waals surface area (Å²) in [4.78, 5) is 33.9. The lowest BCUT2D eigenvalue weighted by Gasteiger charge is -2.11. The summed E-state index contributed by atoms with van der Waals surface area (Å²) in [5, 5.41) is 13.9. The van der Waals surface area contributed by atoms with Gasteiger partial charge in [0.15, 0.2) is 0 Å². The third-order valence-corrected chi connectivity index (χ3v) is 3.41. The molecule has 0 aliphatic rings. The van der Waals surface area contributed by atoms with Gasteiger partial charge in [0.25, 0.3) is 5.91 Å². The number of hydrogen-bond acceptors (Lipinski definition) is 8. The van der Waals surface area contributed by atoms with Crippen LogP contribution in [0.15, 0.2) is 49.1 Å². The van der Waals surface area contributed by atoms with Crippen molar-refractivity contribution < 1.29 is 18.5 Å². The number of hydrogen-bond donors (Lipinski definition) is 3. The molecule has 1 amide bonds. The first-order chi connectivity index (χ1) is 13.5. The maximum Gasteiger partial charge on any atom is 0.355 e. The first-order valence-electron chi connectivity index (χ1n) is 7.63. The van der Waals surface area contributed by atoms with E-state index >= 15 is 0 Å². The Balaban J connectivity index is 1.85. The highest BCUT2D eigenvalue weighted by atomic mass is 19.1. The van der Waals surface area contributed by atoms with Crippen LogP contribution in [0.3, 0.4) is 0 Å². The van der Waals surface area contributed by atoms with Crippen molar-refractivity contribution in [2.24, 2.45) is 0 Å². The van der Waals surface area contributed by atoms with Crippen LogP contribution in [0.25, 0.3) is 0 Å². The van der Waals surface area contributed by atoms with Gasteiger partial charge in [0.05, 0.1) is 16.2 Å². The number of amides is 1. The molecule has 10 nitrogen and oxygen atoms in total. The molecule has 0 saturated carbocycles. The van der Waals surface area contributed by atoms with Crippen molar-refractivity contribution >= 4 is 28.9 Å². The standard InChI is InChI=1S/C16H11F2N7O3/c17-10-3-4-12(11(18)6-10)22-14-13(25(27)28)15(21-8-20-14)23-24-16(26)9-2-1-5-19-7-9/h1-8H,(H,24,26)(H2,20,21,22,23). The topological polar surface area (TPSA) is 135 Å².